The lowest BCUT2D eigenvalue weighted by Gasteiger charge is -2.35. The highest BCUT2D eigenvalue weighted by atomic mass is 16.5. The van der Waals surface area contributed by atoms with Crippen molar-refractivity contribution in [3.63, 3.8) is 0 Å². The van der Waals surface area contributed by atoms with Crippen molar-refractivity contribution in [1.29, 1.82) is 0 Å². The summed E-state index contributed by atoms with van der Waals surface area (Å²) in [6.45, 7) is 7.48. The fourth-order valence-electron chi connectivity index (χ4n) is 3.34. The van der Waals surface area contributed by atoms with Crippen molar-refractivity contribution in [2.24, 2.45) is 0 Å². The van der Waals surface area contributed by atoms with Gasteiger partial charge in [-0.3, -0.25) is 14.5 Å². The number of rotatable bonds is 5. The van der Waals surface area contributed by atoms with Crippen LogP contribution >= 0.6 is 0 Å². The summed E-state index contributed by atoms with van der Waals surface area (Å²) in [6.07, 6.45) is 1.34. The lowest BCUT2D eigenvalue weighted by Crippen LogP contribution is -2.46. The minimum absolute atomic E-state index is 0.245. The topological polar surface area (TPSA) is 87.3 Å². The van der Waals surface area contributed by atoms with Crippen molar-refractivity contribution in [2.75, 3.05) is 26.2 Å². The molecule has 1 aliphatic rings. The lowest BCUT2D eigenvalue weighted by atomic mass is 10.1. The van der Waals surface area contributed by atoms with E-state index in [4.69, 9.17) is 4.74 Å². The molecule has 2 heterocycles. The number of fused-ring (bicyclic) bond motifs is 1. The number of amides is 1. The maximum Gasteiger partial charge on any atom is 0.272 e. The van der Waals surface area contributed by atoms with Crippen LogP contribution in [-0.4, -0.2) is 59.4 Å². The Labute approximate surface area is 146 Å². The van der Waals surface area contributed by atoms with Crippen LogP contribution in [0.3, 0.4) is 0 Å². The number of morpholine rings is 1. The maximum absolute atomic E-state index is 12.4. The van der Waals surface area contributed by atoms with E-state index in [-0.39, 0.29) is 29.4 Å². The van der Waals surface area contributed by atoms with Crippen LogP contribution in [0.15, 0.2) is 29.1 Å². The van der Waals surface area contributed by atoms with Gasteiger partial charge in [0, 0.05) is 31.6 Å². The normalized spacial score (nSPS) is 21.4. The van der Waals surface area contributed by atoms with Crippen LogP contribution in [0.25, 0.3) is 10.8 Å². The molecule has 1 saturated heterocycles. The Bertz CT molecular complexity index is 794. The van der Waals surface area contributed by atoms with Crippen LogP contribution in [0.4, 0.5) is 0 Å². The Morgan fingerprint density at radius 3 is 2.68 bits per heavy atom. The lowest BCUT2D eigenvalue weighted by molar-refractivity contribution is -0.0679. The molecular formula is C18H24N4O3. The summed E-state index contributed by atoms with van der Waals surface area (Å²) in [6, 6.07) is 6.99. The molecular weight excluding hydrogens is 320 g/mol. The van der Waals surface area contributed by atoms with Crippen molar-refractivity contribution in [3.05, 3.63) is 40.3 Å². The predicted molar refractivity (Wildman–Crippen MR) is 95.8 cm³/mol. The quantitative estimate of drug-likeness (QED) is 0.795. The van der Waals surface area contributed by atoms with Gasteiger partial charge in [0.05, 0.1) is 17.6 Å². The number of hydrogen-bond donors (Lipinski definition) is 2. The molecule has 1 aromatic heterocycles. The summed E-state index contributed by atoms with van der Waals surface area (Å²) in [5.74, 6) is -0.267. The van der Waals surface area contributed by atoms with Crippen molar-refractivity contribution < 1.29 is 9.53 Å². The summed E-state index contributed by atoms with van der Waals surface area (Å²) in [7, 11) is 0. The van der Waals surface area contributed by atoms with Crippen molar-refractivity contribution in [1.82, 2.24) is 20.4 Å². The van der Waals surface area contributed by atoms with E-state index < -0.39 is 0 Å². The monoisotopic (exact) mass is 344 g/mol. The van der Waals surface area contributed by atoms with E-state index in [9.17, 15) is 9.59 Å². The fourth-order valence-corrected chi connectivity index (χ4v) is 3.34. The SMILES string of the molecule is C[C@@H]1CN(CCCNC(=O)c2n[nH]c(=O)c3ccccc23)C[C@H](C)O1. The average molecular weight is 344 g/mol. The first kappa shape index (κ1) is 17.6. The first-order chi connectivity index (χ1) is 12.0. The maximum atomic E-state index is 12.4. The third kappa shape index (κ3) is 4.24. The van der Waals surface area contributed by atoms with E-state index in [1.807, 2.05) is 0 Å². The summed E-state index contributed by atoms with van der Waals surface area (Å²) in [5.41, 5.74) is -0.0356. The van der Waals surface area contributed by atoms with Gasteiger partial charge in [0.25, 0.3) is 11.5 Å². The van der Waals surface area contributed by atoms with Crippen molar-refractivity contribution in [3.8, 4) is 0 Å². The van der Waals surface area contributed by atoms with E-state index in [2.05, 4.69) is 34.3 Å². The van der Waals surface area contributed by atoms with Crippen molar-refractivity contribution >= 4 is 16.7 Å². The van der Waals surface area contributed by atoms with Crippen LogP contribution in [0, 0.1) is 0 Å². The number of H-pyrrole nitrogens is 1. The summed E-state index contributed by atoms with van der Waals surface area (Å²) in [5, 5.41) is 10.2. The van der Waals surface area contributed by atoms with Gasteiger partial charge in [0.15, 0.2) is 5.69 Å². The van der Waals surface area contributed by atoms with E-state index in [1.54, 1.807) is 24.3 Å². The zero-order valence-electron chi connectivity index (χ0n) is 14.6. The minimum atomic E-state index is -0.289. The second kappa shape index (κ2) is 7.76. The third-order valence-corrected chi connectivity index (χ3v) is 4.34. The number of nitrogens with one attached hydrogen (secondary N) is 2. The number of ether oxygens (including phenoxy) is 1. The molecule has 0 spiro atoms. The van der Waals surface area contributed by atoms with Gasteiger partial charge in [-0.25, -0.2) is 5.10 Å². The zero-order valence-corrected chi connectivity index (χ0v) is 14.6. The third-order valence-electron chi connectivity index (χ3n) is 4.34. The molecule has 1 aromatic carbocycles. The number of aromatic amines is 1. The Morgan fingerprint density at radius 1 is 1.28 bits per heavy atom. The van der Waals surface area contributed by atoms with Gasteiger partial charge in [-0.2, -0.15) is 5.10 Å². The summed E-state index contributed by atoms with van der Waals surface area (Å²) < 4.78 is 5.72. The van der Waals surface area contributed by atoms with E-state index in [0.717, 1.165) is 26.1 Å². The molecule has 25 heavy (non-hydrogen) atoms. The molecule has 2 aromatic rings. The molecule has 0 radical (unpaired) electrons. The Hall–Kier alpha value is -2.25. The molecule has 0 bridgehead atoms. The van der Waals surface area contributed by atoms with Crippen LogP contribution < -0.4 is 10.9 Å². The Morgan fingerprint density at radius 2 is 1.96 bits per heavy atom. The average Bonchev–Trinajstić information content (AvgIpc) is 2.58. The molecule has 7 nitrogen and oxygen atoms in total. The molecule has 1 fully saturated rings. The van der Waals surface area contributed by atoms with Crippen molar-refractivity contribution in [2.45, 2.75) is 32.5 Å². The smallest absolute Gasteiger partial charge is 0.272 e. The molecule has 3 rings (SSSR count). The zero-order chi connectivity index (χ0) is 17.8. The van der Waals surface area contributed by atoms with Gasteiger partial charge in [0.2, 0.25) is 0 Å². The van der Waals surface area contributed by atoms with Gasteiger partial charge in [-0.1, -0.05) is 18.2 Å². The number of benzene rings is 1. The first-order valence-corrected chi connectivity index (χ1v) is 8.68. The molecule has 7 heteroatoms. The summed E-state index contributed by atoms with van der Waals surface area (Å²) >= 11 is 0. The Kier molecular flexibility index (Phi) is 5.45. The van der Waals surface area contributed by atoms with Crippen LogP contribution in [0.5, 0.6) is 0 Å². The molecule has 0 saturated carbocycles. The molecule has 0 unspecified atom stereocenters. The standard InChI is InChI=1S/C18H24N4O3/c1-12-10-22(11-13(2)25-12)9-5-8-19-18(24)16-14-6-3-4-7-15(14)17(23)21-20-16/h3-4,6-7,12-13H,5,8-11H2,1-2H3,(H,19,24)(H,21,23)/t12-,13+. The highest BCUT2D eigenvalue weighted by Crippen LogP contribution is 2.12. The molecule has 2 N–H and O–H groups in total. The van der Waals surface area contributed by atoms with Gasteiger partial charge >= 0.3 is 0 Å². The fraction of sp³-hybridized carbons (Fsp3) is 0.500. The number of nitrogens with zero attached hydrogens (tertiary/aromatic N) is 2. The van der Waals surface area contributed by atoms with Gasteiger partial charge in [0.1, 0.15) is 0 Å². The largest absolute Gasteiger partial charge is 0.373 e. The second-order valence-electron chi connectivity index (χ2n) is 6.57. The summed E-state index contributed by atoms with van der Waals surface area (Å²) in [4.78, 5) is 26.5. The number of aromatic nitrogens is 2. The molecule has 1 amide bonds. The number of carbonyl (C=O) groups is 1. The van der Waals surface area contributed by atoms with Crippen LogP contribution in [0.2, 0.25) is 0 Å². The Balaban J connectivity index is 1.55. The number of carbonyl (C=O) groups excluding carboxylic acids is 1. The van der Waals surface area contributed by atoms with Crippen LogP contribution in [-0.2, 0) is 4.74 Å². The van der Waals surface area contributed by atoms with Gasteiger partial charge in [-0.15, -0.1) is 0 Å². The van der Waals surface area contributed by atoms with Crippen LogP contribution in [0.1, 0.15) is 30.8 Å². The van der Waals surface area contributed by atoms with E-state index >= 15 is 0 Å². The minimum Gasteiger partial charge on any atom is -0.373 e. The molecule has 2 atom stereocenters. The molecule has 1 aliphatic heterocycles. The van der Waals surface area contributed by atoms with Gasteiger partial charge < -0.3 is 10.1 Å². The highest BCUT2D eigenvalue weighted by molar-refractivity contribution is 6.04. The first-order valence-electron chi connectivity index (χ1n) is 8.68. The molecule has 0 aliphatic carbocycles. The molecule has 134 valence electrons. The number of hydrogen-bond acceptors (Lipinski definition) is 5. The second-order valence-corrected chi connectivity index (χ2v) is 6.57. The highest BCUT2D eigenvalue weighted by Gasteiger charge is 2.21. The van der Waals surface area contributed by atoms with E-state index in [1.165, 1.54) is 0 Å². The van der Waals surface area contributed by atoms with E-state index in [0.29, 0.717) is 17.3 Å². The predicted octanol–water partition coefficient (Wildman–Crippen LogP) is 1.15. The van der Waals surface area contributed by atoms with Gasteiger partial charge in [-0.05, 0) is 26.3 Å².